The van der Waals surface area contributed by atoms with Crippen molar-refractivity contribution < 1.29 is 35.9 Å². The molecule has 1 aliphatic rings. The van der Waals surface area contributed by atoms with Crippen LogP contribution in [0.15, 0.2) is 60.8 Å². The Morgan fingerprint density at radius 1 is 1.00 bits per heavy atom. The van der Waals surface area contributed by atoms with E-state index in [1.807, 2.05) is 42.1 Å². The van der Waals surface area contributed by atoms with Gasteiger partial charge in [0.15, 0.2) is 0 Å². The van der Waals surface area contributed by atoms with Gasteiger partial charge in [-0.2, -0.15) is 26.3 Å². The van der Waals surface area contributed by atoms with E-state index in [2.05, 4.69) is 5.32 Å². The molecule has 11 heteroatoms. The van der Waals surface area contributed by atoms with E-state index in [1.54, 1.807) is 0 Å². The van der Waals surface area contributed by atoms with Crippen LogP contribution in [0.3, 0.4) is 0 Å². The number of benzene rings is 2. The van der Waals surface area contributed by atoms with E-state index < -0.39 is 41.0 Å². The monoisotopic (exact) mass is 579 g/mol. The Hall–Kier alpha value is -3.76. The summed E-state index contributed by atoms with van der Waals surface area (Å²) >= 11 is 0. The van der Waals surface area contributed by atoms with Gasteiger partial charge in [0.05, 0.1) is 17.2 Å². The molecule has 1 saturated carbocycles. The topological polar surface area (TPSA) is 54.3 Å². The van der Waals surface area contributed by atoms with E-state index in [9.17, 15) is 35.9 Å². The van der Waals surface area contributed by atoms with Crippen LogP contribution in [0.25, 0.3) is 10.9 Å². The summed E-state index contributed by atoms with van der Waals surface area (Å²) in [5.41, 5.74) is -2.20. The minimum atomic E-state index is -5.09. The van der Waals surface area contributed by atoms with Crippen LogP contribution in [-0.4, -0.2) is 40.4 Å². The molecule has 1 aromatic heterocycles. The molecule has 0 bridgehead atoms. The zero-order valence-electron chi connectivity index (χ0n) is 22.6. The van der Waals surface area contributed by atoms with Crippen LogP contribution in [-0.2, 0) is 30.6 Å². The molecule has 1 fully saturated rings. The molecular weight excluding hydrogens is 548 g/mol. The maximum absolute atomic E-state index is 13.4. The predicted molar refractivity (Wildman–Crippen MR) is 143 cm³/mol. The highest BCUT2D eigenvalue weighted by molar-refractivity contribution is 5.95. The average molecular weight is 580 g/mol. The third kappa shape index (κ3) is 7.31. The molecule has 1 atom stereocenters. The Morgan fingerprint density at radius 3 is 2.22 bits per heavy atom. The second-order valence-electron chi connectivity index (χ2n) is 10.5. The van der Waals surface area contributed by atoms with Gasteiger partial charge in [0.25, 0.3) is 5.91 Å². The number of alkyl halides is 6. The fourth-order valence-electron chi connectivity index (χ4n) is 5.27. The second kappa shape index (κ2) is 12.0. The number of hydrogen-bond donors (Lipinski definition) is 1. The molecule has 3 aromatic rings. The molecule has 1 heterocycles. The molecule has 2 amide bonds. The van der Waals surface area contributed by atoms with Gasteiger partial charge in [0.1, 0.15) is 0 Å². The summed E-state index contributed by atoms with van der Waals surface area (Å²) in [7, 11) is 3.14. The number of nitrogens with zero attached hydrogens (tertiary/aromatic N) is 2. The first-order chi connectivity index (χ1) is 19.2. The Balaban J connectivity index is 1.68. The van der Waals surface area contributed by atoms with Crippen LogP contribution in [0.1, 0.15) is 59.2 Å². The SMILES string of the molecule is CN(C(=O)c1cc(C(F)(F)F)cc(C(F)(F)F)c1)C(C=CC(=O)NC1CCCCC1)Cc1cn(C)c2ccccc12. The standard InChI is InChI=1S/C30H31F6N3O2/c1-38-18-20(25-10-6-7-11-26(25)38)16-24(12-13-27(40)37-23-8-4-3-5-9-23)39(2)28(41)19-14-21(29(31,32)33)17-22(15-19)30(34,35)36/h6-7,10-15,17-18,23-24H,3-5,8-9,16H2,1-2H3,(H,37,40). The first-order valence-electron chi connectivity index (χ1n) is 13.3. The summed E-state index contributed by atoms with van der Waals surface area (Å²) in [5, 5.41) is 3.81. The Morgan fingerprint density at radius 2 is 1.61 bits per heavy atom. The van der Waals surface area contributed by atoms with Gasteiger partial charge < -0.3 is 14.8 Å². The number of rotatable bonds is 7. The molecule has 1 N–H and O–H groups in total. The van der Waals surface area contributed by atoms with Crippen molar-refractivity contribution in [3.05, 3.63) is 83.1 Å². The molecule has 0 radical (unpaired) electrons. The lowest BCUT2D eigenvalue weighted by Crippen LogP contribution is -2.38. The summed E-state index contributed by atoms with van der Waals surface area (Å²) in [5.74, 6) is -1.41. The van der Waals surface area contributed by atoms with Crippen LogP contribution >= 0.6 is 0 Å². The van der Waals surface area contributed by atoms with Crippen LogP contribution in [0, 0.1) is 0 Å². The van der Waals surface area contributed by atoms with Crippen LogP contribution in [0.5, 0.6) is 0 Å². The largest absolute Gasteiger partial charge is 0.416 e. The molecule has 0 spiro atoms. The third-order valence-corrected chi connectivity index (χ3v) is 7.48. The number of carbonyl (C=O) groups excluding carboxylic acids is 2. The number of halogens is 6. The van der Waals surface area contributed by atoms with E-state index >= 15 is 0 Å². The van der Waals surface area contributed by atoms with Crippen LogP contribution in [0.2, 0.25) is 0 Å². The first-order valence-corrected chi connectivity index (χ1v) is 13.3. The van der Waals surface area contributed by atoms with Crippen molar-refractivity contribution in [3.63, 3.8) is 0 Å². The van der Waals surface area contributed by atoms with E-state index in [0.717, 1.165) is 53.5 Å². The molecule has 1 aliphatic carbocycles. The Bertz CT molecular complexity index is 1400. The molecular formula is C30H31F6N3O2. The van der Waals surface area contributed by atoms with Crippen LogP contribution < -0.4 is 5.32 Å². The van der Waals surface area contributed by atoms with Crippen molar-refractivity contribution in [1.29, 1.82) is 0 Å². The van der Waals surface area contributed by atoms with Gasteiger partial charge in [0, 0.05) is 48.9 Å². The summed E-state index contributed by atoms with van der Waals surface area (Å²) in [6.45, 7) is 0. The lowest BCUT2D eigenvalue weighted by Gasteiger charge is -2.27. The fourth-order valence-corrected chi connectivity index (χ4v) is 5.27. The number of nitrogens with one attached hydrogen (secondary N) is 1. The van der Waals surface area contributed by atoms with Crippen molar-refractivity contribution in [3.8, 4) is 0 Å². The molecule has 41 heavy (non-hydrogen) atoms. The van der Waals surface area contributed by atoms with E-state index in [-0.39, 0.29) is 24.4 Å². The number of amides is 2. The van der Waals surface area contributed by atoms with E-state index in [4.69, 9.17) is 0 Å². The number of carbonyl (C=O) groups is 2. The van der Waals surface area contributed by atoms with Crippen molar-refractivity contribution in [2.45, 2.75) is 63.0 Å². The number of likely N-dealkylation sites (N-methyl/N-ethyl adjacent to an activating group) is 1. The molecule has 2 aromatic carbocycles. The molecule has 0 aliphatic heterocycles. The Kier molecular flexibility index (Phi) is 8.84. The smallest absolute Gasteiger partial charge is 0.350 e. The highest BCUT2D eigenvalue weighted by Gasteiger charge is 2.38. The molecule has 4 rings (SSSR count). The van der Waals surface area contributed by atoms with E-state index in [0.29, 0.717) is 12.1 Å². The molecule has 5 nitrogen and oxygen atoms in total. The number of hydrogen-bond acceptors (Lipinski definition) is 2. The number of aromatic nitrogens is 1. The lowest BCUT2D eigenvalue weighted by atomic mass is 9.95. The minimum Gasteiger partial charge on any atom is -0.350 e. The molecule has 220 valence electrons. The summed E-state index contributed by atoms with van der Waals surface area (Å²) < 4.78 is 82.6. The zero-order valence-corrected chi connectivity index (χ0v) is 22.6. The van der Waals surface area contributed by atoms with Gasteiger partial charge in [-0.3, -0.25) is 9.59 Å². The van der Waals surface area contributed by atoms with Gasteiger partial charge in [-0.05, 0) is 49.1 Å². The van der Waals surface area contributed by atoms with Gasteiger partial charge >= 0.3 is 12.4 Å². The first kappa shape index (κ1) is 30.2. The number of aryl methyl sites for hydroxylation is 1. The van der Waals surface area contributed by atoms with Crippen molar-refractivity contribution in [1.82, 2.24) is 14.8 Å². The third-order valence-electron chi connectivity index (χ3n) is 7.48. The normalized spacial score (nSPS) is 15.8. The maximum Gasteiger partial charge on any atom is 0.416 e. The van der Waals surface area contributed by atoms with E-state index in [1.165, 1.54) is 19.2 Å². The lowest BCUT2D eigenvalue weighted by molar-refractivity contribution is -0.143. The highest BCUT2D eigenvalue weighted by atomic mass is 19.4. The predicted octanol–water partition coefficient (Wildman–Crippen LogP) is 6.90. The van der Waals surface area contributed by atoms with Crippen molar-refractivity contribution in [2.75, 3.05) is 7.05 Å². The maximum atomic E-state index is 13.4. The molecule has 0 saturated heterocycles. The van der Waals surface area contributed by atoms with Crippen molar-refractivity contribution in [2.24, 2.45) is 7.05 Å². The zero-order chi connectivity index (χ0) is 29.9. The number of para-hydroxylation sites is 1. The molecule has 1 unspecified atom stereocenters. The second-order valence-corrected chi connectivity index (χ2v) is 10.5. The fraction of sp³-hybridized carbons (Fsp3) is 0.400. The van der Waals surface area contributed by atoms with Gasteiger partial charge in [-0.25, -0.2) is 0 Å². The number of fused-ring (bicyclic) bond motifs is 1. The Labute approximate surface area is 233 Å². The van der Waals surface area contributed by atoms with Crippen molar-refractivity contribution >= 4 is 22.7 Å². The minimum absolute atomic E-state index is 0.0140. The highest BCUT2D eigenvalue weighted by Crippen LogP contribution is 2.36. The van der Waals surface area contributed by atoms with Gasteiger partial charge in [-0.15, -0.1) is 0 Å². The quantitative estimate of drug-likeness (QED) is 0.245. The van der Waals surface area contributed by atoms with Crippen LogP contribution in [0.4, 0.5) is 26.3 Å². The summed E-state index contributed by atoms with van der Waals surface area (Å²) in [6.07, 6.45) is -0.587. The summed E-state index contributed by atoms with van der Waals surface area (Å²) in [6, 6.07) is 7.48. The van der Waals surface area contributed by atoms with Gasteiger partial charge in [-0.1, -0.05) is 43.5 Å². The van der Waals surface area contributed by atoms with Gasteiger partial charge in [0.2, 0.25) is 5.91 Å². The average Bonchev–Trinajstić information content (AvgIpc) is 3.24. The summed E-state index contributed by atoms with van der Waals surface area (Å²) in [4.78, 5) is 27.2.